The number of ether oxygens (including phenoxy) is 2. The van der Waals surface area contributed by atoms with E-state index in [1.54, 1.807) is 0 Å². The Morgan fingerprint density at radius 3 is 2.00 bits per heavy atom. The fourth-order valence-corrected chi connectivity index (χ4v) is 0.924. The Labute approximate surface area is 61.8 Å². The van der Waals surface area contributed by atoms with E-state index in [9.17, 15) is 0 Å². The summed E-state index contributed by atoms with van der Waals surface area (Å²) in [6.45, 7) is 6.00. The summed E-state index contributed by atoms with van der Waals surface area (Å²) < 4.78 is 10.8. The maximum absolute atomic E-state index is 5.40. The monoisotopic (exact) mass is 142 g/mol. The van der Waals surface area contributed by atoms with Crippen LogP contribution in [0.1, 0.15) is 20.8 Å². The average Bonchev–Trinajstić information content (AvgIpc) is 2.14. The Balaban J connectivity index is 2.41. The van der Waals surface area contributed by atoms with Gasteiger partial charge in [-0.15, -0.1) is 0 Å². The number of hydrogen-bond donors (Lipinski definition) is 0. The molecule has 0 spiro atoms. The van der Waals surface area contributed by atoms with Gasteiger partial charge in [-0.25, -0.2) is 0 Å². The van der Waals surface area contributed by atoms with Gasteiger partial charge in [0.05, 0.1) is 12.2 Å². The smallest absolute Gasteiger partial charge is 0.177 e. The summed E-state index contributed by atoms with van der Waals surface area (Å²) in [5, 5.41) is 0. The molecule has 10 heavy (non-hydrogen) atoms. The third kappa shape index (κ3) is 1.58. The van der Waals surface area contributed by atoms with Gasteiger partial charge in [-0.1, -0.05) is 6.08 Å². The first-order valence-electron chi connectivity index (χ1n) is 3.67. The molecule has 2 nitrogen and oxygen atoms in total. The van der Waals surface area contributed by atoms with Crippen molar-refractivity contribution in [1.29, 1.82) is 0 Å². The summed E-state index contributed by atoms with van der Waals surface area (Å²) in [5.41, 5.74) is 0. The summed E-state index contributed by atoms with van der Waals surface area (Å²) in [6.07, 6.45) is 4.19. The van der Waals surface area contributed by atoms with E-state index < -0.39 is 0 Å². The molecule has 58 valence electrons. The number of rotatable bonds is 1. The average molecular weight is 142 g/mol. The van der Waals surface area contributed by atoms with E-state index in [0.717, 1.165) is 0 Å². The lowest BCUT2D eigenvalue weighted by Crippen LogP contribution is -2.13. The van der Waals surface area contributed by atoms with Gasteiger partial charge >= 0.3 is 0 Å². The largest absolute Gasteiger partial charge is 0.343 e. The van der Waals surface area contributed by atoms with Crippen molar-refractivity contribution in [2.75, 3.05) is 0 Å². The first kappa shape index (κ1) is 7.76. The Kier molecular flexibility index (Phi) is 2.46. The molecule has 0 amide bonds. The number of allylic oxidation sites excluding steroid dienone is 1. The van der Waals surface area contributed by atoms with Gasteiger partial charge in [0.1, 0.15) is 0 Å². The first-order valence-corrected chi connectivity index (χ1v) is 3.67. The van der Waals surface area contributed by atoms with E-state index in [0.29, 0.717) is 0 Å². The zero-order valence-electron chi connectivity index (χ0n) is 6.70. The third-order valence-electron chi connectivity index (χ3n) is 1.71. The van der Waals surface area contributed by atoms with Crippen molar-refractivity contribution in [3.63, 3.8) is 0 Å². The van der Waals surface area contributed by atoms with Crippen LogP contribution in [-0.2, 0) is 9.47 Å². The van der Waals surface area contributed by atoms with E-state index in [-0.39, 0.29) is 18.5 Å². The Morgan fingerprint density at radius 1 is 1.10 bits per heavy atom. The zero-order chi connectivity index (χ0) is 7.56. The molecule has 2 heteroatoms. The molecule has 0 radical (unpaired) electrons. The van der Waals surface area contributed by atoms with Crippen LogP contribution in [0.15, 0.2) is 12.2 Å². The van der Waals surface area contributed by atoms with Crippen LogP contribution in [-0.4, -0.2) is 18.5 Å². The molecule has 1 saturated heterocycles. The fourth-order valence-electron chi connectivity index (χ4n) is 0.924. The predicted octanol–water partition coefficient (Wildman–Crippen LogP) is 1.71. The quantitative estimate of drug-likeness (QED) is 0.519. The molecule has 1 aliphatic heterocycles. The summed E-state index contributed by atoms with van der Waals surface area (Å²) in [6, 6.07) is 0. The molecule has 2 atom stereocenters. The Bertz CT molecular complexity index is 121. The molecule has 2 unspecified atom stereocenters. The van der Waals surface area contributed by atoms with E-state index in [4.69, 9.17) is 9.47 Å². The van der Waals surface area contributed by atoms with E-state index in [1.807, 2.05) is 32.9 Å². The summed E-state index contributed by atoms with van der Waals surface area (Å²) in [7, 11) is 0. The molecular formula is C8H14O2. The second kappa shape index (κ2) is 3.17. The zero-order valence-corrected chi connectivity index (χ0v) is 6.70. The lowest BCUT2D eigenvalue weighted by Gasteiger charge is -2.02. The van der Waals surface area contributed by atoms with Gasteiger partial charge in [0.25, 0.3) is 0 Å². The van der Waals surface area contributed by atoms with Crippen molar-refractivity contribution < 1.29 is 9.47 Å². The molecule has 0 N–H and O–H groups in total. The Morgan fingerprint density at radius 2 is 1.60 bits per heavy atom. The minimum absolute atomic E-state index is 0.116. The molecule has 0 aliphatic carbocycles. The van der Waals surface area contributed by atoms with Crippen LogP contribution in [0.25, 0.3) is 0 Å². The van der Waals surface area contributed by atoms with Crippen LogP contribution in [0, 0.1) is 0 Å². The molecule has 0 saturated carbocycles. The van der Waals surface area contributed by atoms with Gasteiger partial charge in [-0.05, 0) is 26.8 Å². The summed E-state index contributed by atoms with van der Waals surface area (Å²) >= 11 is 0. The van der Waals surface area contributed by atoms with Gasteiger partial charge in [0.2, 0.25) is 0 Å². The van der Waals surface area contributed by atoms with Crippen molar-refractivity contribution in [3.05, 3.63) is 12.2 Å². The summed E-state index contributed by atoms with van der Waals surface area (Å²) in [5.74, 6) is 0. The predicted molar refractivity (Wildman–Crippen MR) is 39.7 cm³/mol. The lowest BCUT2D eigenvalue weighted by atomic mass is 10.3. The van der Waals surface area contributed by atoms with E-state index in [1.165, 1.54) is 0 Å². The molecule has 1 heterocycles. The second-order valence-electron chi connectivity index (χ2n) is 2.58. The maximum atomic E-state index is 5.40. The molecule has 1 fully saturated rings. The Hall–Kier alpha value is -0.340. The highest BCUT2D eigenvalue weighted by Crippen LogP contribution is 2.18. The van der Waals surface area contributed by atoms with Gasteiger partial charge in [-0.2, -0.15) is 0 Å². The van der Waals surface area contributed by atoms with Gasteiger partial charge in [0.15, 0.2) is 6.29 Å². The van der Waals surface area contributed by atoms with Crippen molar-refractivity contribution in [2.45, 2.75) is 39.3 Å². The third-order valence-corrected chi connectivity index (χ3v) is 1.71. The van der Waals surface area contributed by atoms with E-state index >= 15 is 0 Å². The highest BCUT2D eigenvalue weighted by molar-refractivity contribution is 4.86. The van der Waals surface area contributed by atoms with Crippen LogP contribution in [0.4, 0.5) is 0 Å². The highest BCUT2D eigenvalue weighted by Gasteiger charge is 2.27. The van der Waals surface area contributed by atoms with Crippen LogP contribution >= 0.6 is 0 Å². The van der Waals surface area contributed by atoms with Gasteiger partial charge < -0.3 is 9.47 Å². The molecule has 1 aliphatic rings. The molecule has 0 aromatic heterocycles. The van der Waals surface area contributed by atoms with Gasteiger partial charge in [-0.3, -0.25) is 0 Å². The molecule has 1 rings (SSSR count). The lowest BCUT2D eigenvalue weighted by molar-refractivity contribution is -0.0244. The maximum Gasteiger partial charge on any atom is 0.177 e. The van der Waals surface area contributed by atoms with Crippen LogP contribution in [0.3, 0.4) is 0 Å². The normalized spacial score (nSPS) is 41.3. The second-order valence-corrected chi connectivity index (χ2v) is 2.58. The van der Waals surface area contributed by atoms with E-state index in [2.05, 4.69) is 0 Å². The van der Waals surface area contributed by atoms with Crippen LogP contribution in [0.2, 0.25) is 0 Å². The minimum Gasteiger partial charge on any atom is -0.343 e. The standard InChI is InChI=1S/C8H14O2/c1-4-5-8-9-6(2)7(3)10-8/h4-8H,1-3H3. The van der Waals surface area contributed by atoms with Crippen LogP contribution < -0.4 is 0 Å². The van der Waals surface area contributed by atoms with Crippen molar-refractivity contribution in [2.24, 2.45) is 0 Å². The summed E-state index contributed by atoms with van der Waals surface area (Å²) in [4.78, 5) is 0. The SMILES string of the molecule is CC=CC1OC(C)C(C)O1. The highest BCUT2D eigenvalue weighted by atomic mass is 16.7. The molecule has 0 aromatic rings. The van der Waals surface area contributed by atoms with Crippen molar-refractivity contribution >= 4 is 0 Å². The first-order chi connectivity index (χ1) is 4.74. The topological polar surface area (TPSA) is 18.5 Å². The fraction of sp³-hybridized carbons (Fsp3) is 0.750. The van der Waals surface area contributed by atoms with Crippen molar-refractivity contribution in [3.8, 4) is 0 Å². The molecule has 0 bridgehead atoms. The van der Waals surface area contributed by atoms with Gasteiger partial charge in [0, 0.05) is 0 Å². The van der Waals surface area contributed by atoms with Crippen molar-refractivity contribution in [1.82, 2.24) is 0 Å². The minimum atomic E-state index is -0.116. The molecule has 0 aromatic carbocycles. The van der Waals surface area contributed by atoms with Crippen LogP contribution in [0.5, 0.6) is 0 Å². The number of hydrogen-bond acceptors (Lipinski definition) is 2. The molecular weight excluding hydrogens is 128 g/mol.